The van der Waals surface area contributed by atoms with E-state index in [1.165, 1.54) is 0 Å². The number of thioether (sulfide) groups is 1. The van der Waals surface area contributed by atoms with Crippen LogP contribution in [0.1, 0.15) is 11.5 Å². The Morgan fingerprint density at radius 3 is 2.83 bits per heavy atom. The van der Waals surface area contributed by atoms with Crippen LogP contribution < -0.4 is 16.4 Å². The first-order valence-corrected chi connectivity index (χ1v) is 9.32. The molecular formula is C14H23N7OS2. The maximum atomic E-state index is 5.78. The average molecular weight is 370 g/mol. The third-order valence-electron chi connectivity index (χ3n) is 2.95. The van der Waals surface area contributed by atoms with Gasteiger partial charge >= 0.3 is 0 Å². The summed E-state index contributed by atoms with van der Waals surface area (Å²) in [5.74, 6) is 5.38. The number of guanidine groups is 1. The van der Waals surface area contributed by atoms with Crippen LogP contribution in [0.5, 0.6) is 0 Å². The molecule has 0 unspecified atom stereocenters. The molecule has 0 saturated heterocycles. The van der Waals surface area contributed by atoms with Gasteiger partial charge in [0.25, 0.3) is 0 Å². The summed E-state index contributed by atoms with van der Waals surface area (Å²) in [5, 5.41) is 6.15. The van der Waals surface area contributed by atoms with Gasteiger partial charge < -0.3 is 25.7 Å². The van der Waals surface area contributed by atoms with Gasteiger partial charge in [-0.15, -0.1) is 0 Å². The monoisotopic (exact) mass is 369 g/mol. The summed E-state index contributed by atoms with van der Waals surface area (Å²) in [4.78, 5) is 5.93. The van der Waals surface area contributed by atoms with Crippen LogP contribution in [0.15, 0.2) is 21.5 Å². The highest BCUT2D eigenvalue weighted by atomic mass is 32.2. The molecule has 0 bridgehead atoms. The van der Waals surface area contributed by atoms with E-state index in [-0.39, 0.29) is 0 Å². The SMILES string of the molecule is CN=C(N)Nc1nsnc1NCCSCc1ccc(CN(C)C)o1. The number of nitrogens with two attached hydrogens (primary N) is 1. The molecule has 132 valence electrons. The Kier molecular flexibility index (Phi) is 7.35. The van der Waals surface area contributed by atoms with E-state index in [9.17, 15) is 0 Å². The van der Waals surface area contributed by atoms with Gasteiger partial charge in [-0.3, -0.25) is 4.99 Å². The van der Waals surface area contributed by atoms with Crippen molar-refractivity contribution in [1.29, 1.82) is 0 Å². The highest BCUT2D eigenvalue weighted by Crippen LogP contribution is 2.19. The largest absolute Gasteiger partial charge is 0.464 e. The molecule has 0 aliphatic rings. The molecule has 2 aromatic heterocycles. The lowest BCUT2D eigenvalue weighted by Crippen LogP contribution is -2.23. The quantitative estimate of drug-likeness (QED) is 0.350. The fourth-order valence-electron chi connectivity index (χ4n) is 1.87. The van der Waals surface area contributed by atoms with Crippen LogP contribution in [-0.4, -0.2) is 53.0 Å². The van der Waals surface area contributed by atoms with Gasteiger partial charge in [0.05, 0.1) is 24.0 Å². The number of anilines is 2. The third kappa shape index (κ3) is 6.02. The van der Waals surface area contributed by atoms with E-state index in [0.717, 1.165) is 47.8 Å². The van der Waals surface area contributed by atoms with Crippen LogP contribution in [0.25, 0.3) is 0 Å². The molecule has 0 amide bonds. The van der Waals surface area contributed by atoms with Crippen molar-refractivity contribution in [3.63, 3.8) is 0 Å². The highest BCUT2D eigenvalue weighted by Gasteiger charge is 2.08. The molecule has 2 rings (SSSR count). The maximum absolute atomic E-state index is 5.78. The highest BCUT2D eigenvalue weighted by molar-refractivity contribution is 7.98. The van der Waals surface area contributed by atoms with E-state index >= 15 is 0 Å². The van der Waals surface area contributed by atoms with Crippen LogP contribution in [0.3, 0.4) is 0 Å². The standard InChI is InChI=1S/C14H23N7OS2/c1-16-14(15)18-13-12(19-24-20-13)17-6-7-23-9-11-5-4-10(22-11)8-21(2)3/h4-5H,6-9H2,1-3H3,(H,17,19)(H3,15,16,18,20). The van der Waals surface area contributed by atoms with Crippen molar-refractivity contribution in [1.82, 2.24) is 13.6 Å². The first kappa shape index (κ1) is 18.6. The van der Waals surface area contributed by atoms with Crippen molar-refractivity contribution in [2.75, 3.05) is 44.1 Å². The number of nitrogens with zero attached hydrogens (tertiary/aromatic N) is 4. The van der Waals surface area contributed by atoms with Crippen molar-refractivity contribution in [2.45, 2.75) is 12.3 Å². The molecule has 0 atom stereocenters. The summed E-state index contributed by atoms with van der Waals surface area (Å²) in [6, 6.07) is 4.07. The molecule has 0 spiro atoms. The lowest BCUT2D eigenvalue weighted by molar-refractivity contribution is 0.344. The molecule has 0 saturated carbocycles. The molecular weight excluding hydrogens is 346 g/mol. The Morgan fingerprint density at radius 2 is 2.08 bits per heavy atom. The predicted molar refractivity (Wildman–Crippen MR) is 102 cm³/mol. The van der Waals surface area contributed by atoms with E-state index in [2.05, 4.69) is 29.3 Å². The van der Waals surface area contributed by atoms with Crippen LogP contribution in [0.2, 0.25) is 0 Å². The van der Waals surface area contributed by atoms with Gasteiger partial charge in [0.1, 0.15) is 11.5 Å². The number of hydrogen-bond donors (Lipinski definition) is 3. The van der Waals surface area contributed by atoms with Gasteiger partial charge in [0, 0.05) is 19.3 Å². The van der Waals surface area contributed by atoms with E-state index in [4.69, 9.17) is 10.2 Å². The molecule has 0 aliphatic heterocycles. The lowest BCUT2D eigenvalue weighted by atomic mass is 10.4. The van der Waals surface area contributed by atoms with Crippen molar-refractivity contribution in [3.8, 4) is 0 Å². The maximum Gasteiger partial charge on any atom is 0.194 e. The molecule has 10 heteroatoms. The topological polar surface area (TPSA) is 105 Å². The molecule has 24 heavy (non-hydrogen) atoms. The fourth-order valence-corrected chi connectivity index (χ4v) is 3.11. The molecule has 2 aromatic rings. The number of rotatable bonds is 9. The summed E-state index contributed by atoms with van der Waals surface area (Å²) >= 11 is 2.93. The molecule has 0 aliphatic carbocycles. The van der Waals surface area contributed by atoms with Crippen LogP contribution in [0, 0.1) is 0 Å². The van der Waals surface area contributed by atoms with E-state index in [0.29, 0.717) is 17.6 Å². The number of aromatic nitrogens is 2. The molecule has 0 radical (unpaired) electrons. The van der Waals surface area contributed by atoms with Gasteiger partial charge in [-0.05, 0) is 26.2 Å². The van der Waals surface area contributed by atoms with Gasteiger partial charge in [-0.25, -0.2) is 0 Å². The van der Waals surface area contributed by atoms with Crippen LogP contribution >= 0.6 is 23.5 Å². The average Bonchev–Trinajstić information content (AvgIpc) is 3.16. The molecule has 8 nitrogen and oxygen atoms in total. The van der Waals surface area contributed by atoms with Gasteiger partial charge in [0.15, 0.2) is 17.6 Å². The summed E-state index contributed by atoms with van der Waals surface area (Å²) in [6.45, 7) is 1.60. The zero-order valence-corrected chi connectivity index (χ0v) is 15.7. The van der Waals surface area contributed by atoms with Crippen LogP contribution in [0.4, 0.5) is 11.6 Å². The lowest BCUT2D eigenvalue weighted by Gasteiger charge is -2.06. The minimum atomic E-state index is 0.312. The smallest absolute Gasteiger partial charge is 0.194 e. The predicted octanol–water partition coefficient (Wildman–Crippen LogP) is 1.89. The number of nitrogens with one attached hydrogen (secondary N) is 2. The van der Waals surface area contributed by atoms with Gasteiger partial charge in [-0.1, -0.05) is 0 Å². The summed E-state index contributed by atoms with van der Waals surface area (Å²) in [6.07, 6.45) is 0. The number of aliphatic imine (C=N–C) groups is 1. The second kappa shape index (κ2) is 9.50. The van der Waals surface area contributed by atoms with E-state index in [1.807, 2.05) is 26.2 Å². The zero-order chi connectivity index (χ0) is 17.4. The molecule has 0 fully saturated rings. The summed E-state index contributed by atoms with van der Waals surface area (Å²) in [5.41, 5.74) is 5.64. The molecule has 4 N–H and O–H groups in total. The number of furan rings is 1. The second-order valence-corrected chi connectivity index (χ2v) is 6.91. The molecule has 2 heterocycles. The minimum Gasteiger partial charge on any atom is -0.464 e. The van der Waals surface area contributed by atoms with E-state index in [1.54, 1.807) is 18.8 Å². The van der Waals surface area contributed by atoms with Crippen molar-refractivity contribution in [3.05, 3.63) is 23.7 Å². The summed E-state index contributed by atoms with van der Waals surface area (Å²) < 4.78 is 14.1. The van der Waals surface area contributed by atoms with Crippen LogP contribution in [-0.2, 0) is 12.3 Å². The first-order chi connectivity index (χ1) is 11.6. The Balaban J connectivity index is 1.68. The number of hydrogen-bond acceptors (Lipinski definition) is 8. The van der Waals surface area contributed by atoms with Crippen molar-refractivity contribution < 1.29 is 4.42 Å². The normalized spacial score (nSPS) is 11.9. The van der Waals surface area contributed by atoms with Gasteiger partial charge in [-0.2, -0.15) is 20.5 Å². The Bertz CT molecular complexity index is 653. The van der Waals surface area contributed by atoms with Crippen molar-refractivity contribution in [2.24, 2.45) is 10.7 Å². The minimum absolute atomic E-state index is 0.312. The zero-order valence-electron chi connectivity index (χ0n) is 14.1. The second-order valence-electron chi connectivity index (χ2n) is 5.28. The molecule has 0 aromatic carbocycles. The third-order valence-corrected chi connectivity index (χ3v) is 4.46. The Hall–Kier alpha value is -1.78. The first-order valence-electron chi connectivity index (χ1n) is 7.44. The van der Waals surface area contributed by atoms with Gasteiger partial charge in [0.2, 0.25) is 0 Å². The summed E-state index contributed by atoms with van der Waals surface area (Å²) in [7, 11) is 5.67. The Labute approximate surface area is 150 Å². The Morgan fingerprint density at radius 1 is 1.33 bits per heavy atom. The fraction of sp³-hybridized carbons (Fsp3) is 0.500. The van der Waals surface area contributed by atoms with E-state index < -0.39 is 0 Å². The van der Waals surface area contributed by atoms with Crippen molar-refractivity contribution >= 4 is 41.1 Å².